The third-order valence-corrected chi connectivity index (χ3v) is 1.33. The molecule has 0 spiro atoms. The molecule has 1 rings (SSSR count). The molecular formula is C7H10N2O. The Hall–Kier alpha value is -1.12. The van der Waals surface area contributed by atoms with Gasteiger partial charge >= 0.3 is 0 Å². The second-order valence-corrected chi connectivity index (χ2v) is 2.08. The number of aromatic nitrogens is 2. The molecule has 0 aliphatic heterocycles. The first-order valence-electron chi connectivity index (χ1n) is 3.31. The van der Waals surface area contributed by atoms with Crippen molar-refractivity contribution >= 4 is 6.29 Å². The van der Waals surface area contributed by atoms with E-state index in [2.05, 4.69) is 5.10 Å². The molecule has 0 N–H and O–H groups in total. The third kappa shape index (κ3) is 1.43. The molecule has 0 aliphatic carbocycles. The molecule has 0 saturated heterocycles. The zero-order chi connectivity index (χ0) is 7.40. The van der Waals surface area contributed by atoms with Crippen LogP contribution in [0.15, 0.2) is 12.4 Å². The Bertz CT molecular complexity index is 217. The van der Waals surface area contributed by atoms with E-state index in [1.165, 1.54) is 0 Å². The van der Waals surface area contributed by atoms with Gasteiger partial charge in [-0.3, -0.25) is 4.68 Å². The van der Waals surface area contributed by atoms with Crippen LogP contribution in [0.2, 0.25) is 0 Å². The summed E-state index contributed by atoms with van der Waals surface area (Å²) in [6.45, 7) is 2.87. The molecule has 0 fully saturated rings. The van der Waals surface area contributed by atoms with Crippen LogP contribution >= 0.6 is 0 Å². The summed E-state index contributed by atoms with van der Waals surface area (Å²) in [6.07, 6.45) is 4.96. The Labute approximate surface area is 59.7 Å². The maximum absolute atomic E-state index is 10.0. The summed E-state index contributed by atoms with van der Waals surface area (Å²) in [7, 11) is 0. The summed E-state index contributed by atoms with van der Waals surface area (Å²) in [5.74, 6) is 0. The Balaban J connectivity index is 2.67. The molecule has 0 amide bonds. The molecular weight excluding hydrogens is 128 g/mol. The van der Waals surface area contributed by atoms with Crippen LogP contribution < -0.4 is 0 Å². The minimum absolute atomic E-state index is 0.472. The van der Waals surface area contributed by atoms with Crippen LogP contribution in [0.1, 0.15) is 12.5 Å². The van der Waals surface area contributed by atoms with Crippen LogP contribution in [0.4, 0.5) is 0 Å². The van der Waals surface area contributed by atoms with Crippen molar-refractivity contribution in [2.75, 3.05) is 0 Å². The number of carbonyl (C=O) groups is 1. The van der Waals surface area contributed by atoms with E-state index in [-0.39, 0.29) is 0 Å². The van der Waals surface area contributed by atoms with E-state index in [9.17, 15) is 4.79 Å². The molecule has 0 aromatic carbocycles. The van der Waals surface area contributed by atoms with Gasteiger partial charge in [0.1, 0.15) is 6.29 Å². The van der Waals surface area contributed by atoms with E-state index >= 15 is 0 Å². The van der Waals surface area contributed by atoms with Crippen molar-refractivity contribution in [3.63, 3.8) is 0 Å². The Kier molecular flexibility index (Phi) is 2.20. The third-order valence-electron chi connectivity index (χ3n) is 1.33. The summed E-state index contributed by atoms with van der Waals surface area (Å²) in [5.41, 5.74) is 0.983. The number of rotatable bonds is 3. The molecule has 0 aliphatic rings. The highest BCUT2D eigenvalue weighted by Gasteiger charge is 1.93. The molecule has 0 saturated carbocycles. The minimum atomic E-state index is 0.472. The van der Waals surface area contributed by atoms with Crippen LogP contribution in [0, 0.1) is 0 Å². The fourth-order valence-corrected chi connectivity index (χ4v) is 0.781. The van der Waals surface area contributed by atoms with Gasteiger partial charge in [-0.2, -0.15) is 5.10 Å². The van der Waals surface area contributed by atoms with Crippen LogP contribution in [-0.4, -0.2) is 16.1 Å². The van der Waals surface area contributed by atoms with Gasteiger partial charge in [0.2, 0.25) is 0 Å². The van der Waals surface area contributed by atoms with Gasteiger partial charge in [0.25, 0.3) is 0 Å². The molecule has 3 heteroatoms. The molecule has 0 radical (unpaired) electrons. The van der Waals surface area contributed by atoms with E-state index in [1.807, 2.05) is 13.1 Å². The van der Waals surface area contributed by atoms with Crippen molar-refractivity contribution in [3.8, 4) is 0 Å². The van der Waals surface area contributed by atoms with Gasteiger partial charge in [-0.05, 0) is 12.5 Å². The second-order valence-electron chi connectivity index (χ2n) is 2.08. The van der Waals surface area contributed by atoms with Crippen LogP contribution in [-0.2, 0) is 17.8 Å². The number of aryl methyl sites for hydroxylation is 1. The largest absolute Gasteiger partial charge is 0.303 e. The van der Waals surface area contributed by atoms with Crippen molar-refractivity contribution in [1.82, 2.24) is 9.78 Å². The van der Waals surface area contributed by atoms with Crippen LogP contribution in [0.25, 0.3) is 0 Å². The van der Waals surface area contributed by atoms with E-state index in [0.717, 1.165) is 18.4 Å². The van der Waals surface area contributed by atoms with Gasteiger partial charge in [-0.1, -0.05) is 0 Å². The number of hydrogen-bond donors (Lipinski definition) is 0. The minimum Gasteiger partial charge on any atom is -0.303 e. The molecule has 10 heavy (non-hydrogen) atoms. The Morgan fingerprint density at radius 2 is 2.60 bits per heavy atom. The molecule has 0 atom stereocenters. The van der Waals surface area contributed by atoms with Gasteiger partial charge in [-0.15, -0.1) is 0 Å². The van der Waals surface area contributed by atoms with E-state index in [0.29, 0.717) is 6.42 Å². The molecule has 1 heterocycles. The predicted molar refractivity (Wildman–Crippen MR) is 37.7 cm³/mol. The highest BCUT2D eigenvalue weighted by molar-refractivity contribution is 5.54. The maximum atomic E-state index is 10.0. The second kappa shape index (κ2) is 3.15. The number of nitrogens with zero attached hydrogens (tertiary/aromatic N) is 2. The lowest BCUT2D eigenvalue weighted by Crippen LogP contribution is -1.92. The van der Waals surface area contributed by atoms with E-state index < -0.39 is 0 Å². The van der Waals surface area contributed by atoms with Crippen LogP contribution in [0.3, 0.4) is 0 Å². The summed E-state index contributed by atoms with van der Waals surface area (Å²) in [5, 5.41) is 4.01. The van der Waals surface area contributed by atoms with Gasteiger partial charge in [-0.25, -0.2) is 0 Å². The first-order chi connectivity index (χ1) is 4.86. The average Bonchev–Trinajstić information content (AvgIpc) is 2.37. The Morgan fingerprint density at radius 1 is 1.80 bits per heavy atom. The lowest BCUT2D eigenvalue weighted by molar-refractivity contribution is -0.107. The first-order valence-corrected chi connectivity index (χ1v) is 3.31. The lowest BCUT2D eigenvalue weighted by Gasteiger charge is -1.89. The first kappa shape index (κ1) is 6.99. The summed E-state index contributed by atoms with van der Waals surface area (Å²) in [6, 6.07) is 0. The van der Waals surface area contributed by atoms with Gasteiger partial charge in [0, 0.05) is 19.2 Å². The maximum Gasteiger partial charge on any atom is 0.124 e. The quantitative estimate of drug-likeness (QED) is 0.574. The standard InChI is InChI=1S/C7H10N2O/c1-2-9-6-7(3-4-10)5-8-9/h4-6H,2-3H2,1H3. The number of aldehydes is 1. The van der Waals surface area contributed by atoms with Crippen molar-refractivity contribution in [2.45, 2.75) is 19.9 Å². The zero-order valence-electron chi connectivity index (χ0n) is 5.95. The molecule has 1 aromatic heterocycles. The van der Waals surface area contributed by atoms with Gasteiger partial charge < -0.3 is 4.79 Å². The van der Waals surface area contributed by atoms with Crippen molar-refractivity contribution in [2.24, 2.45) is 0 Å². The van der Waals surface area contributed by atoms with Gasteiger partial charge in [0.05, 0.1) is 6.20 Å². The normalized spacial score (nSPS) is 9.70. The fourth-order valence-electron chi connectivity index (χ4n) is 0.781. The fraction of sp³-hybridized carbons (Fsp3) is 0.429. The highest BCUT2D eigenvalue weighted by Crippen LogP contribution is 1.95. The zero-order valence-corrected chi connectivity index (χ0v) is 5.95. The molecule has 0 bridgehead atoms. The number of hydrogen-bond acceptors (Lipinski definition) is 2. The van der Waals surface area contributed by atoms with Crippen molar-refractivity contribution in [3.05, 3.63) is 18.0 Å². The predicted octanol–water partition coefficient (Wildman–Crippen LogP) is 0.644. The topological polar surface area (TPSA) is 34.9 Å². The highest BCUT2D eigenvalue weighted by atomic mass is 16.1. The SMILES string of the molecule is CCn1cc(CC=O)cn1. The van der Waals surface area contributed by atoms with Crippen LogP contribution in [0.5, 0.6) is 0 Å². The molecule has 54 valence electrons. The molecule has 1 aromatic rings. The Morgan fingerprint density at radius 3 is 3.10 bits per heavy atom. The van der Waals surface area contributed by atoms with E-state index in [4.69, 9.17) is 0 Å². The van der Waals surface area contributed by atoms with E-state index in [1.54, 1.807) is 10.9 Å². The summed E-state index contributed by atoms with van der Waals surface area (Å²) < 4.78 is 1.80. The average molecular weight is 138 g/mol. The number of carbonyl (C=O) groups excluding carboxylic acids is 1. The monoisotopic (exact) mass is 138 g/mol. The smallest absolute Gasteiger partial charge is 0.124 e. The molecule has 0 unspecified atom stereocenters. The molecule has 3 nitrogen and oxygen atoms in total. The van der Waals surface area contributed by atoms with Crippen molar-refractivity contribution < 1.29 is 4.79 Å². The van der Waals surface area contributed by atoms with Gasteiger partial charge in [0.15, 0.2) is 0 Å². The summed E-state index contributed by atoms with van der Waals surface area (Å²) in [4.78, 5) is 10.0. The lowest BCUT2D eigenvalue weighted by atomic mass is 10.3. The van der Waals surface area contributed by atoms with Crippen molar-refractivity contribution in [1.29, 1.82) is 0 Å². The summed E-state index contributed by atoms with van der Waals surface area (Å²) >= 11 is 0.